The van der Waals surface area contributed by atoms with Crippen LogP contribution in [0.4, 0.5) is 0 Å². The smallest absolute Gasteiger partial charge is 0.255 e. The lowest BCUT2D eigenvalue weighted by Gasteiger charge is -2.06. The second kappa shape index (κ2) is 6.22. The first kappa shape index (κ1) is 12.6. The van der Waals surface area contributed by atoms with Gasteiger partial charge in [-0.25, -0.2) is 0 Å². The molecule has 1 aromatic carbocycles. The van der Waals surface area contributed by atoms with Gasteiger partial charge in [0.1, 0.15) is 5.75 Å². The molecule has 0 saturated carbocycles. The zero-order chi connectivity index (χ0) is 11.3. The van der Waals surface area contributed by atoms with E-state index in [4.69, 9.17) is 0 Å². The minimum absolute atomic E-state index is 0.0251. The van der Waals surface area contributed by atoms with Crippen molar-refractivity contribution in [1.29, 1.82) is 0 Å². The molecule has 0 spiro atoms. The van der Waals surface area contributed by atoms with Gasteiger partial charge in [-0.05, 0) is 47.0 Å². The van der Waals surface area contributed by atoms with Gasteiger partial charge in [0.05, 0.1) is 5.56 Å². The first-order chi connectivity index (χ1) is 7.15. The maximum atomic E-state index is 11.6. The number of amides is 1. The van der Waals surface area contributed by atoms with Crippen LogP contribution in [0.2, 0.25) is 0 Å². The van der Waals surface area contributed by atoms with Gasteiger partial charge in [-0.2, -0.15) is 11.8 Å². The highest BCUT2D eigenvalue weighted by Crippen LogP contribution is 2.19. The molecule has 5 heteroatoms. The number of phenols is 1. The Labute approximate surface area is 107 Å². The first-order valence-corrected chi connectivity index (χ1v) is 6.88. The van der Waals surface area contributed by atoms with E-state index in [0.29, 0.717) is 12.1 Å². The topological polar surface area (TPSA) is 49.3 Å². The van der Waals surface area contributed by atoms with Gasteiger partial charge in [-0.3, -0.25) is 4.79 Å². The Morgan fingerprint density at radius 2 is 2.33 bits per heavy atom. The van der Waals surface area contributed by atoms with Crippen molar-refractivity contribution in [3.8, 4) is 5.75 Å². The molecule has 1 aromatic rings. The van der Waals surface area contributed by atoms with Crippen molar-refractivity contribution in [3.63, 3.8) is 0 Å². The average molecular weight is 337 g/mol. The number of thioether (sulfide) groups is 1. The van der Waals surface area contributed by atoms with Crippen LogP contribution in [0.1, 0.15) is 10.4 Å². The van der Waals surface area contributed by atoms with Crippen LogP contribution in [-0.2, 0) is 0 Å². The van der Waals surface area contributed by atoms with Crippen molar-refractivity contribution in [2.24, 2.45) is 0 Å². The van der Waals surface area contributed by atoms with Crippen LogP contribution in [0.15, 0.2) is 18.2 Å². The number of hydrogen-bond acceptors (Lipinski definition) is 3. The summed E-state index contributed by atoms with van der Waals surface area (Å²) >= 11 is 3.77. The number of aromatic hydroxyl groups is 1. The van der Waals surface area contributed by atoms with E-state index in [-0.39, 0.29) is 11.7 Å². The van der Waals surface area contributed by atoms with Crippen LogP contribution < -0.4 is 5.32 Å². The van der Waals surface area contributed by atoms with E-state index in [1.165, 1.54) is 6.07 Å². The fourth-order valence-electron chi connectivity index (χ4n) is 1.05. The lowest BCUT2D eigenvalue weighted by Crippen LogP contribution is -2.25. The summed E-state index contributed by atoms with van der Waals surface area (Å²) in [5.41, 5.74) is 0.336. The maximum Gasteiger partial charge on any atom is 0.255 e. The van der Waals surface area contributed by atoms with Gasteiger partial charge in [-0.15, -0.1) is 0 Å². The number of benzene rings is 1. The third kappa shape index (κ3) is 3.90. The van der Waals surface area contributed by atoms with Gasteiger partial charge in [0.15, 0.2) is 0 Å². The normalized spacial score (nSPS) is 10.0. The van der Waals surface area contributed by atoms with Gasteiger partial charge >= 0.3 is 0 Å². The molecule has 0 fully saturated rings. The van der Waals surface area contributed by atoms with Crippen LogP contribution in [0.3, 0.4) is 0 Å². The molecule has 15 heavy (non-hydrogen) atoms. The highest BCUT2D eigenvalue weighted by molar-refractivity contribution is 14.1. The first-order valence-electron chi connectivity index (χ1n) is 4.41. The zero-order valence-corrected chi connectivity index (χ0v) is 11.3. The van der Waals surface area contributed by atoms with Gasteiger partial charge in [0.25, 0.3) is 5.91 Å². The van der Waals surface area contributed by atoms with Crippen molar-refractivity contribution in [3.05, 3.63) is 27.3 Å². The lowest BCUT2D eigenvalue weighted by molar-refractivity contribution is 0.0953. The molecule has 1 amide bonds. The summed E-state index contributed by atoms with van der Waals surface area (Å²) in [6, 6.07) is 4.96. The Kier molecular flexibility index (Phi) is 5.24. The van der Waals surface area contributed by atoms with E-state index in [1.54, 1.807) is 23.9 Å². The van der Waals surface area contributed by atoms with Crippen molar-refractivity contribution < 1.29 is 9.90 Å². The van der Waals surface area contributed by atoms with E-state index in [0.717, 1.165) is 9.32 Å². The molecule has 3 nitrogen and oxygen atoms in total. The number of rotatable bonds is 4. The van der Waals surface area contributed by atoms with Crippen molar-refractivity contribution in [1.82, 2.24) is 5.32 Å². The van der Waals surface area contributed by atoms with Crippen molar-refractivity contribution in [2.75, 3.05) is 18.6 Å². The SMILES string of the molecule is CSCCNC(=O)c1cc(I)ccc1O. The summed E-state index contributed by atoms with van der Waals surface area (Å²) in [5, 5.41) is 12.2. The fraction of sp³-hybridized carbons (Fsp3) is 0.300. The summed E-state index contributed by atoms with van der Waals surface area (Å²) in [5.74, 6) is 0.674. The Morgan fingerprint density at radius 3 is 3.00 bits per heavy atom. The number of carbonyl (C=O) groups excluding carboxylic acids is 1. The molecule has 0 aliphatic carbocycles. The van der Waals surface area contributed by atoms with Gasteiger partial charge in [0, 0.05) is 15.9 Å². The van der Waals surface area contributed by atoms with Gasteiger partial charge in [-0.1, -0.05) is 0 Å². The number of carbonyl (C=O) groups is 1. The number of phenolic OH excluding ortho intramolecular Hbond substituents is 1. The number of nitrogens with one attached hydrogen (secondary N) is 1. The molecule has 82 valence electrons. The quantitative estimate of drug-likeness (QED) is 0.653. The fourth-order valence-corrected chi connectivity index (χ4v) is 1.85. The predicted octanol–water partition coefficient (Wildman–Crippen LogP) is 2.09. The summed E-state index contributed by atoms with van der Waals surface area (Å²) in [7, 11) is 0. The molecule has 0 saturated heterocycles. The predicted molar refractivity (Wildman–Crippen MR) is 71.5 cm³/mol. The maximum absolute atomic E-state index is 11.6. The highest BCUT2D eigenvalue weighted by atomic mass is 127. The minimum Gasteiger partial charge on any atom is -0.507 e. The number of halogens is 1. The van der Waals surface area contributed by atoms with Crippen LogP contribution in [0, 0.1) is 3.57 Å². The Morgan fingerprint density at radius 1 is 1.60 bits per heavy atom. The minimum atomic E-state index is -0.222. The summed E-state index contributed by atoms with van der Waals surface area (Å²) in [6.45, 7) is 0.616. The molecular weight excluding hydrogens is 325 g/mol. The largest absolute Gasteiger partial charge is 0.507 e. The second-order valence-corrected chi connectivity index (χ2v) is 5.14. The molecule has 0 bridgehead atoms. The van der Waals surface area contributed by atoms with Crippen molar-refractivity contribution in [2.45, 2.75) is 0 Å². The molecule has 2 N–H and O–H groups in total. The van der Waals surface area contributed by atoms with Gasteiger partial charge in [0.2, 0.25) is 0 Å². The monoisotopic (exact) mass is 337 g/mol. The second-order valence-electron chi connectivity index (χ2n) is 2.91. The van der Waals surface area contributed by atoms with Crippen LogP contribution in [0.5, 0.6) is 5.75 Å². The Hall–Kier alpha value is -0.430. The van der Waals surface area contributed by atoms with E-state index < -0.39 is 0 Å². The molecule has 0 aliphatic heterocycles. The number of hydrogen-bond donors (Lipinski definition) is 2. The third-order valence-corrected chi connectivity index (χ3v) is 3.08. The molecule has 0 atom stereocenters. The molecule has 0 heterocycles. The third-order valence-electron chi connectivity index (χ3n) is 1.79. The molecule has 0 radical (unpaired) electrons. The van der Waals surface area contributed by atoms with Crippen molar-refractivity contribution >= 4 is 40.3 Å². The van der Waals surface area contributed by atoms with E-state index >= 15 is 0 Å². The zero-order valence-electron chi connectivity index (χ0n) is 8.29. The van der Waals surface area contributed by atoms with E-state index in [9.17, 15) is 9.90 Å². The molecule has 0 unspecified atom stereocenters. The van der Waals surface area contributed by atoms with E-state index in [1.807, 2.05) is 6.26 Å². The van der Waals surface area contributed by atoms with Crippen LogP contribution in [0.25, 0.3) is 0 Å². The molecule has 1 rings (SSSR count). The Bertz CT molecular complexity index is 357. The molecular formula is C10H12INO2S. The summed E-state index contributed by atoms with van der Waals surface area (Å²) in [6.07, 6.45) is 1.98. The van der Waals surface area contributed by atoms with E-state index in [2.05, 4.69) is 27.9 Å². The average Bonchev–Trinajstić information content (AvgIpc) is 2.22. The lowest BCUT2D eigenvalue weighted by atomic mass is 10.2. The molecule has 0 aliphatic rings. The summed E-state index contributed by atoms with van der Waals surface area (Å²) < 4.78 is 0.931. The Balaban J connectivity index is 2.68. The standard InChI is InChI=1S/C10H12INO2S/c1-15-5-4-12-10(14)8-6-7(11)2-3-9(8)13/h2-3,6,13H,4-5H2,1H3,(H,12,14). The van der Waals surface area contributed by atoms with Crippen LogP contribution in [-0.4, -0.2) is 29.6 Å². The van der Waals surface area contributed by atoms with Crippen LogP contribution >= 0.6 is 34.4 Å². The van der Waals surface area contributed by atoms with Gasteiger partial charge < -0.3 is 10.4 Å². The molecule has 0 aromatic heterocycles. The highest BCUT2D eigenvalue weighted by Gasteiger charge is 2.10. The summed E-state index contributed by atoms with van der Waals surface area (Å²) in [4.78, 5) is 11.6.